The number of halogens is 1. The number of methoxy groups -OCH3 is 1. The fourth-order valence-electron chi connectivity index (χ4n) is 1.72. The van der Waals surface area contributed by atoms with Crippen LogP contribution in [0.2, 0.25) is 0 Å². The third-order valence-corrected chi connectivity index (χ3v) is 3.49. The quantitative estimate of drug-likeness (QED) is 0.541. The van der Waals surface area contributed by atoms with E-state index in [1.807, 2.05) is 6.07 Å². The highest BCUT2D eigenvalue weighted by molar-refractivity contribution is 9.09. The highest BCUT2D eigenvalue weighted by Crippen LogP contribution is 2.17. The van der Waals surface area contributed by atoms with Crippen LogP contribution in [0, 0.1) is 0 Å². The van der Waals surface area contributed by atoms with Crippen LogP contribution >= 0.6 is 15.9 Å². The van der Waals surface area contributed by atoms with Crippen molar-refractivity contribution in [2.24, 2.45) is 0 Å². The SMILES string of the molecule is CCCCCCC(Br)Cc1cc(OC)ncn1. The molecule has 0 fully saturated rings. The number of hydrogen-bond acceptors (Lipinski definition) is 3. The van der Waals surface area contributed by atoms with Crippen LogP contribution in [0.25, 0.3) is 0 Å². The summed E-state index contributed by atoms with van der Waals surface area (Å²) in [6.45, 7) is 2.23. The molecular weight excluding hydrogens is 280 g/mol. The molecule has 3 nitrogen and oxygen atoms in total. The van der Waals surface area contributed by atoms with Crippen LogP contribution in [0.15, 0.2) is 12.4 Å². The number of rotatable bonds is 8. The zero-order valence-electron chi connectivity index (χ0n) is 10.7. The Kier molecular flexibility index (Phi) is 7.17. The van der Waals surface area contributed by atoms with E-state index in [1.54, 1.807) is 13.4 Å². The molecule has 0 bridgehead atoms. The minimum atomic E-state index is 0.499. The maximum absolute atomic E-state index is 5.08. The molecule has 0 aliphatic carbocycles. The van der Waals surface area contributed by atoms with Gasteiger partial charge in [0, 0.05) is 23.0 Å². The van der Waals surface area contributed by atoms with E-state index in [0.717, 1.165) is 12.1 Å². The van der Waals surface area contributed by atoms with Crippen LogP contribution in [0.4, 0.5) is 0 Å². The largest absolute Gasteiger partial charge is 0.481 e. The molecular formula is C13H21BrN2O. The van der Waals surface area contributed by atoms with Gasteiger partial charge in [-0.15, -0.1) is 0 Å². The minimum absolute atomic E-state index is 0.499. The van der Waals surface area contributed by atoms with E-state index in [-0.39, 0.29) is 0 Å². The lowest BCUT2D eigenvalue weighted by Crippen LogP contribution is -2.05. The zero-order chi connectivity index (χ0) is 12.5. The second-order valence-electron chi connectivity index (χ2n) is 4.20. The van der Waals surface area contributed by atoms with Crippen LogP contribution in [0.1, 0.15) is 44.7 Å². The zero-order valence-corrected chi connectivity index (χ0v) is 12.2. The average molecular weight is 301 g/mol. The number of alkyl halides is 1. The highest BCUT2D eigenvalue weighted by atomic mass is 79.9. The summed E-state index contributed by atoms with van der Waals surface area (Å²) in [4.78, 5) is 8.75. The third kappa shape index (κ3) is 6.01. The van der Waals surface area contributed by atoms with E-state index < -0.39 is 0 Å². The first kappa shape index (κ1) is 14.4. The van der Waals surface area contributed by atoms with E-state index in [9.17, 15) is 0 Å². The van der Waals surface area contributed by atoms with Crippen molar-refractivity contribution in [2.75, 3.05) is 7.11 Å². The van der Waals surface area contributed by atoms with Crippen LogP contribution < -0.4 is 4.74 Å². The summed E-state index contributed by atoms with van der Waals surface area (Å²) in [5, 5.41) is 0. The Bertz CT molecular complexity index is 320. The molecule has 0 saturated heterocycles. The maximum Gasteiger partial charge on any atom is 0.216 e. The van der Waals surface area contributed by atoms with Crippen LogP contribution in [-0.4, -0.2) is 21.9 Å². The Morgan fingerprint density at radius 2 is 2.12 bits per heavy atom. The smallest absolute Gasteiger partial charge is 0.216 e. The van der Waals surface area contributed by atoms with Crippen molar-refractivity contribution in [3.8, 4) is 5.88 Å². The van der Waals surface area contributed by atoms with E-state index in [1.165, 1.54) is 32.1 Å². The van der Waals surface area contributed by atoms with Gasteiger partial charge >= 0.3 is 0 Å². The Morgan fingerprint density at radius 3 is 2.82 bits per heavy atom. The monoisotopic (exact) mass is 300 g/mol. The van der Waals surface area contributed by atoms with E-state index >= 15 is 0 Å². The lowest BCUT2D eigenvalue weighted by Gasteiger charge is -2.09. The van der Waals surface area contributed by atoms with E-state index in [4.69, 9.17) is 4.74 Å². The maximum atomic E-state index is 5.08. The number of unbranched alkanes of at least 4 members (excludes halogenated alkanes) is 3. The van der Waals surface area contributed by atoms with Crippen molar-refractivity contribution in [3.63, 3.8) is 0 Å². The van der Waals surface area contributed by atoms with Gasteiger partial charge in [-0.2, -0.15) is 0 Å². The first-order chi connectivity index (χ1) is 8.26. The van der Waals surface area contributed by atoms with E-state index in [0.29, 0.717) is 10.7 Å². The molecule has 4 heteroatoms. The number of aromatic nitrogens is 2. The van der Waals surface area contributed by atoms with Gasteiger partial charge in [0.15, 0.2) is 0 Å². The summed E-state index contributed by atoms with van der Waals surface area (Å²) >= 11 is 3.71. The van der Waals surface area contributed by atoms with Gasteiger partial charge in [0.2, 0.25) is 5.88 Å². The van der Waals surface area contributed by atoms with Gasteiger partial charge in [-0.05, 0) is 6.42 Å². The average Bonchev–Trinajstić information content (AvgIpc) is 2.35. The van der Waals surface area contributed by atoms with Gasteiger partial charge in [0.1, 0.15) is 6.33 Å². The van der Waals surface area contributed by atoms with Crippen molar-refractivity contribution >= 4 is 15.9 Å². The normalized spacial score (nSPS) is 12.4. The second kappa shape index (κ2) is 8.45. The molecule has 1 unspecified atom stereocenters. The lowest BCUT2D eigenvalue weighted by molar-refractivity contribution is 0.395. The summed E-state index contributed by atoms with van der Waals surface area (Å²) in [7, 11) is 1.63. The van der Waals surface area contributed by atoms with Crippen molar-refractivity contribution in [3.05, 3.63) is 18.1 Å². The number of hydrogen-bond donors (Lipinski definition) is 0. The summed E-state index contributed by atoms with van der Waals surface area (Å²) in [6, 6.07) is 1.90. The van der Waals surface area contributed by atoms with Crippen molar-refractivity contribution in [2.45, 2.75) is 50.3 Å². The topological polar surface area (TPSA) is 35.0 Å². The van der Waals surface area contributed by atoms with Crippen molar-refractivity contribution in [1.29, 1.82) is 0 Å². The molecule has 0 aliphatic heterocycles. The summed E-state index contributed by atoms with van der Waals surface area (Å²) in [5.41, 5.74) is 1.04. The predicted molar refractivity (Wildman–Crippen MR) is 73.8 cm³/mol. The first-order valence-electron chi connectivity index (χ1n) is 6.25. The molecule has 0 aliphatic rings. The molecule has 0 amide bonds. The van der Waals surface area contributed by atoms with Gasteiger partial charge in [-0.3, -0.25) is 0 Å². The van der Waals surface area contributed by atoms with Crippen molar-refractivity contribution < 1.29 is 4.74 Å². The van der Waals surface area contributed by atoms with Gasteiger partial charge in [0.05, 0.1) is 7.11 Å². The Labute approximate surface area is 112 Å². The van der Waals surface area contributed by atoms with Gasteiger partial charge in [-0.1, -0.05) is 48.5 Å². The molecule has 0 radical (unpaired) electrons. The molecule has 1 heterocycles. The minimum Gasteiger partial charge on any atom is -0.481 e. The summed E-state index contributed by atoms with van der Waals surface area (Å²) < 4.78 is 5.08. The summed E-state index contributed by atoms with van der Waals surface area (Å²) in [6.07, 6.45) is 8.93. The molecule has 96 valence electrons. The molecule has 0 spiro atoms. The summed E-state index contributed by atoms with van der Waals surface area (Å²) in [5.74, 6) is 0.640. The van der Waals surface area contributed by atoms with Gasteiger partial charge in [-0.25, -0.2) is 9.97 Å². The third-order valence-electron chi connectivity index (χ3n) is 2.71. The molecule has 0 saturated carbocycles. The van der Waals surface area contributed by atoms with Gasteiger partial charge < -0.3 is 4.74 Å². The Morgan fingerprint density at radius 1 is 1.29 bits per heavy atom. The predicted octanol–water partition coefficient (Wildman–Crippen LogP) is 3.76. The van der Waals surface area contributed by atoms with Crippen LogP contribution in [0.3, 0.4) is 0 Å². The molecule has 17 heavy (non-hydrogen) atoms. The molecule has 0 N–H and O–H groups in total. The Hall–Kier alpha value is -0.640. The van der Waals surface area contributed by atoms with E-state index in [2.05, 4.69) is 32.8 Å². The lowest BCUT2D eigenvalue weighted by atomic mass is 10.1. The van der Waals surface area contributed by atoms with Crippen molar-refractivity contribution in [1.82, 2.24) is 9.97 Å². The molecule has 1 atom stereocenters. The second-order valence-corrected chi connectivity index (χ2v) is 5.50. The fraction of sp³-hybridized carbons (Fsp3) is 0.692. The molecule has 1 rings (SSSR count). The number of nitrogens with zero attached hydrogens (tertiary/aromatic N) is 2. The standard InChI is InChI=1S/C13H21BrN2O/c1-3-4-5-6-7-11(14)8-12-9-13(17-2)16-10-15-12/h9-11H,3-8H2,1-2H3. The highest BCUT2D eigenvalue weighted by Gasteiger charge is 2.07. The fourth-order valence-corrected chi connectivity index (χ4v) is 2.38. The van der Waals surface area contributed by atoms with Crippen LogP contribution in [-0.2, 0) is 6.42 Å². The first-order valence-corrected chi connectivity index (χ1v) is 7.16. The molecule has 1 aromatic rings. The number of ether oxygens (including phenoxy) is 1. The Balaban J connectivity index is 2.31. The molecule has 0 aromatic carbocycles. The van der Waals surface area contributed by atoms with Gasteiger partial charge in [0.25, 0.3) is 0 Å². The van der Waals surface area contributed by atoms with Crippen LogP contribution in [0.5, 0.6) is 5.88 Å². The molecule has 1 aromatic heterocycles.